The SMILES string of the molecule is CC[C@H](C(=O)NC1CCCCC1)N(Cc1ccc(Cl)cc1Cl)C(=O)CCSCc1ccccc1. The van der Waals surface area contributed by atoms with E-state index in [1.807, 2.05) is 31.2 Å². The number of nitrogens with zero attached hydrogens (tertiary/aromatic N) is 1. The van der Waals surface area contributed by atoms with Crippen molar-refractivity contribution in [3.05, 3.63) is 69.7 Å². The van der Waals surface area contributed by atoms with E-state index in [1.165, 1.54) is 12.0 Å². The van der Waals surface area contributed by atoms with Crippen molar-refractivity contribution in [3.8, 4) is 0 Å². The molecule has 0 unspecified atom stereocenters. The quantitative estimate of drug-likeness (QED) is 0.328. The molecule has 1 atom stereocenters. The highest BCUT2D eigenvalue weighted by molar-refractivity contribution is 7.98. The predicted octanol–water partition coefficient (Wildman–Crippen LogP) is 6.87. The van der Waals surface area contributed by atoms with Crippen molar-refractivity contribution in [1.82, 2.24) is 10.2 Å². The Labute approximate surface area is 217 Å². The third-order valence-electron chi connectivity index (χ3n) is 6.27. The van der Waals surface area contributed by atoms with Crippen LogP contribution in [-0.4, -0.2) is 34.6 Å². The van der Waals surface area contributed by atoms with Crippen molar-refractivity contribution in [2.75, 3.05) is 5.75 Å². The number of hydrogen-bond donors (Lipinski definition) is 1. The van der Waals surface area contributed by atoms with Gasteiger partial charge in [-0.2, -0.15) is 11.8 Å². The molecule has 1 N–H and O–H groups in total. The van der Waals surface area contributed by atoms with Gasteiger partial charge in [0.1, 0.15) is 6.04 Å². The monoisotopic (exact) mass is 520 g/mol. The van der Waals surface area contributed by atoms with Gasteiger partial charge in [-0.25, -0.2) is 0 Å². The normalized spacial score (nSPS) is 15.0. The first-order chi connectivity index (χ1) is 16.5. The topological polar surface area (TPSA) is 49.4 Å². The average molecular weight is 522 g/mol. The van der Waals surface area contributed by atoms with Crippen LogP contribution in [0.25, 0.3) is 0 Å². The van der Waals surface area contributed by atoms with Crippen LogP contribution in [0.3, 0.4) is 0 Å². The zero-order chi connectivity index (χ0) is 24.3. The molecule has 1 aliphatic carbocycles. The van der Waals surface area contributed by atoms with Crippen LogP contribution >= 0.6 is 35.0 Å². The molecule has 0 saturated heterocycles. The number of benzene rings is 2. The van der Waals surface area contributed by atoms with E-state index in [0.717, 1.165) is 37.0 Å². The number of amides is 2. The summed E-state index contributed by atoms with van der Waals surface area (Å²) >= 11 is 14.2. The van der Waals surface area contributed by atoms with E-state index >= 15 is 0 Å². The van der Waals surface area contributed by atoms with Gasteiger partial charge in [-0.15, -0.1) is 0 Å². The van der Waals surface area contributed by atoms with E-state index in [2.05, 4.69) is 17.4 Å². The number of thioether (sulfide) groups is 1. The molecule has 7 heteroatoms. The van der Waals surface area contributed by atoms with Crippen LogP contribution in [0.2, 0.25) is 10.0 Å². The number of halogens is 2. The standard InChI is InChI=1S/C27H34Cl2N2O2S/c1-2-25(27(33)30-23-11-7-4-8-12-23)31(18-21-13-14-22(28)17-24(21)29)26(32)15-16-34-19-20-9-5-3-6-10-20/h3,5-6,9-10,13-14,17,23,25H,2,4,7-8,11-12,15-16,18-19H2,1H3,(H,30,33)/t25-/m1/s1. The minimum absolute atomic E-state index is 0.0303. The van der Waals surface area contributed by atoms with Gasteiger partial charge in [0, 0.05) is 40.6 Å². The Morgan fingerprint density at radius 3 is 2.50 bits per heavy atom. The second kappa shape index (κ2) is 14.0. The maximum absolute atomic E-state index is 13.4. The molecule has 1 saturated carbocycles. The molecule has 0 bridgehead atoms. The summed E-state index contributed by atoms with van der Waals surface area (Å²) in [6.45, 7) is 2.24. The fourth-order valence-corrected chi connectivity index (χ4v) is 5.72. The van der Waals surface area contributed by atoms with Crippen LogP contribution in [0.4, 0.5) is 0 Å². The summed E-state index contributed by atoms with van der Waals surface area (Å²) in [5.41, 5.74) is 2.03. The fraction of sp³-hybridized carbons (Fsp3) is 0.481. The minimum atomic E-state index is -0.528. The van der Waals surface area contributed by atoms with Crippen molar-refractivity contribution in [3.63, 3.8) is 0 Å². The van der Waals surface area contributed by atoms with E-state index in [9.17, 15) is 9.59 Å². The molecule has 0 heterocycles. The number of carbonyl (C=O) groups excluding carboxylic acids is 2. The molecule has 2 aromatic carbocycles. The first-order valence-electron chi connectivity index (χ1n) is 12.1. The molecule has 1 fully saturated rings. The summed E-state index contributed by atoms with van der Waals surface area (Å²) in [5, 5.41) is 4.26. The Morgan fingerprint density at radius 1 is 1.09 bits per heavy atom. The number of rotatable bonds is 11. The first-order valence-corrected chi connectivity index (χ1v) is 14.0. The van der Waals surface area contributed by atoms with Gasteiger partial charge in [-0.3, -0.25) is 9.59 Å². The summed E-state index contributed by atoms with van der Waals surface area (Å²) < 4.78 is 0. The Bertz CT molecular complexity index is 935. The fourth-order valence-electron chi connectivity index (χ4n) is 4.36. The molecular weight excluding hydrogens is 487 g/mol. The van der Waals surface area contributed by atoms with Gasteiger partial charge in [0.2, 0.25) is 11.8 Å². The largest absolute Gasteiger partial charge is 0.352 e. The molecule has 184 valence electrons. The van der Waals surface area contributed by atoms with Gasteiger partial charge in [0.15, 0.2) is 0 Å². The maximum Gasteiger partial charge on any atom is 0.243 e. The lowest BCUT2D eigenvalue weighted by molar-refractivity contribution is -0.141. The Morgan fingerprint density at radius 2 is 1.82 bits per heavy atom. The van der Waals surface area contributed by atoms with Crippen molar-refractivity contribution >= 4 is 46.8 Å². The average Bonchev–Trinajstić information content (AvgIpc) is 2.84. The molecule has 3 rings (SSSR count). The highest BCUT2D eigenvalue weighted by Crippen LogP contribution is 2.25. The molecule has 2 aromatic rings. The second-order valence-corrected chi connectivity index (χ2v) is 10.8. The summed E-state index contributed by atoms with van der Waals surface area (Å²) in [5.74, 6) is 1.46. The van der Waals surface area contributed by atoms with Crippen LogP contribution < -0.4 is 5.32 Å². The summed E-state index contributed by atoms with van der Waals surface area (Å²) in [6.07, 6.45) is 6.45. The molecule has 1 aliphatic rings. The smallest absolute Gasteiger partial charge is 0.243 e. The van der Waals surface area contributed by atoms with Gasteiger partial charge in [-0.05, 0) is 42.5 Å². The highest BCUT2D eigenvalue weighted by atomic mass is 35.5. The molecule has 4 nitrogen and oxygen atoms in total. The van der Waals surface area contributed by atoms with Crippen molar-refractivity contribution in [2.24, 2.45) is 0 Å². The Hall–Kier alpha value is -1.69. The maximum atomic E-state index is 13.4. The summed E-state index contributed by atoms with van der Waals surface area (Å²) in [4.78, 5) is 28.4. The molecule has 0 aromatic heterocycles. The lowest BCUT2D eigenvalue weighted by Crippen LogP contribution is -2.51. The van der Waals surface area contributed by atoms with Crippen molar-refractivity contribution in [2.45, 2.75) is 76.3 Å². The van der Waals surface area contributed by atoms with Gasteiger partial charge < -0.3 is 10.2 Å². The first kappa shape index (κ1) is 26.9. The zero-order valence-corrected chi connectivity index (χ0v) is 22.1. The third-order valence-corrected chi connectivity index (χ3v) is 7.88. The van der Waals surface area contributed by atoms with E-state index in [4.69, 9.17) is 23.2 Å². The Balaban J connectivity index is 1.68. The number of carbonyl (C=O) groups is 2. The molecular formula is C27H34Cl2N2O2S. The zero-order valence-electron chi connectivity index (χ0n) is 19.8. The molecule has 0 radical (unpaired) electrons. The van der Waals surface area contributed by atoms with Crippen LogP contribution in [-0.2, 0) is 21.9 Å². The van der Waals surface area contributed by atoms with Crippen molar-refractivity contribution in [1.29, 1.82) is 0 Å². The van der Waals surface area contributed by atoms with Crippen LogP contribution in [0.15, 0.2) is 48.5 Å². The number of hydrogen-bond acceptors (Lipinski definition) is 3. The van der Waals surface area contributed by atoms with Gasteiger partial charge in [0.25, 0.3) is 0 Å². The molecule has 0 aliphatic heterocycles. The summed E-state index contributed by atoms with van der Waals surface area (Å²) in [6, 6.07) is 15.2. The van der Waals surface area contributed by atoms with Crippen molar-refractivity contribution < 1.29 is 9.59 Å². The second-order valence-electron chi connectivity index (χ2n) is 8.81. The van der Waals surface area contributed by atoms with Crippen LogP contribution in [0.5, 0.6) is 0 Å². The third kappa shape index (κ3) is 8.21. The molecule has 2 amide bonds. The van der Waals surface area contributed by atoms with Gasteiger partial charge in [-0.1, -0.05) is 85.8 Å². The lowest BCUT2D eigenvalue weighted by Gasteiger charge is -2.33. The van der Waals surface area contributed by atoms with Crippen LogP contribution in [0.1, 0.15) is 63.0 Å². The molecule has 0 spiro atoms. The van der Waals surface area contributed by atoms with E-state index in [1.54, 1.807) is 28.8 Å². The predicted molar refractivity (Wildman–Crippen MR) is 143 cm³/mol. The highest BCUT2D eigenvalue weighted by Gasteiger charge is 2.30. The van der Waals surface area contributed by atoms with E-state index < -0.39 is 6.04 Å². The van der Waals surface area contributed by atoms with Crippen LogP contribution in [0, 0.1) is 0 Å². The number of nitrogens with one attached hydrogen (secondary N) is 1. The van der Waals surface area contributed by atoms with Gasteiger partial charge >= 0.3 is 0 Å². The van der Waals surface area contributed by atoms with E-state index in [0.29, 0.717) is 28.6 Å². The minimum Gasteiger partial charge on any atom is -0.352 e. The van der Waals surface area contributed by atoms with Gasteiger partial charge in [0.05, 0.1) is 0 Å². The molecule has 34 heavy (non-hydrogen) atoms. The summed E-state index contributed by atoms with van der Waals surface area (Å²) in [7, 11) is 0. The van der Waals surface area contributed by atoms with E-state index in [-0.39, 0.29) is 24.4 Å². The lowest BCUT2D eigenvalue weighted by atomic mass is 9.95. The Kier molecular flexibility index (Phi) is 11.1.